The Morgan fingerprint density at radius 1 is 0.976 bits per heavy atom. The fourth-order valence-corrected chi connectivity index (χ4v) is 5.80. The summed E-state index contributed by atoms with van der Waals surface area (Å²) in [5, 5.41) is 5.32. The number of aromatic nitrogens is 3. The van der Waals surface area contributed by atoms with Gasteiger partial charge in [0.1, 0.15) is 24.0 Å². The molecule has 0 atom stereocenters. The molecular formula is C34H33FN4O2. The van der Waals surface area contributed by atoms with E-state index in [2.05, 4.69) is 17.6 Å². The summed E-state index contributed by atoms with van der Waals surface area (Å²) in [7, 11) is 0. The van der Waals surface area contributed by atoms with Gasteiger partial charge in [-0.2, -0.15) is 9.78 Å². The van der Waals surface area contributed by atoms with E-state index in [0.717, 1.165) is 65.2 Å². The van der Waals surface area contributed by atoms with Crippen LogP contribution in [-0.4, -0.2) is 20.4 Å². The Balaban J connectivity index is 1.28. The standard InChI is InChI=1S/C34H33FN4O2/c1-23-19-27(24(2)38(23)29-15-17-30(18-16-29)41-22-25-9-8-12-28(35)20-25)21-36-39-33(26-10-4-3-5-11-26)37-32-14-7-6-13-31(32)34(39)40/h6-9,12-21,26H,3-5,10-11,22H2,1-2H3. The summed E-state index contributed by atoms with van der Waals surface area (Å²) in [6.07, 6.45) is 7.34. The summed E-state index contributed by atoms with van der Waals surface area (Å²) in [4.78, 5) is 18.5. The minimum absolute atomic E-state index is 0.130. The van der Waals surface area contributed by atoms with E-state index in [4.69, 9.17) is 14.8 Å². The number of hydrogen-bond acceptors (Lipinski definition) is 4. The van der Waals surface area contributed by atoms with E-state index in [1.54, 1.807) is 12.3 Å². The Hall–Kier alpha value is -4.52. The van der Waals surface area contributed by atoms with Crippen molar-refractivity contribution >= 4 is 17.1 Å². The number of benzene rings is 3. The molecule has 1 saturated carbocycles. The molecule has 0 bridgehead atoms. The Bertz CT molecular complexity index is 1780. The van der Waals surface area contributed by atoms with Gasteiger partial charge in [0.15, 0.2) is 0 Å². The minimum atomic E-state index is -0.272. The third-order valence-corrected chi connectivity index (χ3v) is 7.92. The topological polar surface area (TPSA) is 61.4 Å². The van der Waals surface area contributed by atoms with E-state index in [1.165, 1.54) is 23.2 Å². The first kappa shape index (κ1) is 26.7. The van der Waals surface area contributed by atoms with Gasteiger partial charge in [-0.05, 0) is 86.8 Å². The van der Waals surface area contributed by atoms with Crippen molar-refractivity contribution in [3.8, 4) is 11.4 Å². The van der Waals surface area contributed by atoms with Gasteiger partial charge in [-0.3, -0.25) is 4.79 Å². The fraction of sp³-hybridized carbons (Fsp3) is 0.265. The van der Waals surface area contributed by atoms with Gasteiger partial charge in [-0.15, -0.1) is 0 Å². The molecule has 6 rings (SSSR count). The van der Waals surface area contributed by atoms with Crippen molar-refractivity contribution in [1.29, 1.82) is 0 Å². The Morgan fingerprint density at radius 3 is 2.54 bits per heavy atom. The number of hydrogen-bond donors (Lipinski definition) is 0. The lowest BCUT2D eigenvalue weighted by atomic mass is 9.88. The van der Waals surface area contributed by atoms with Crippen molar-refractivity contribution < 1.29 is 9.13 Å². The van der Waals surface area contributed by atoms with E-state index in [9.17, 15) is 9.18 Å². The number of fused-ring (bicyclic) bond motifs is 1. The number of halogens is 1. The van der Waals surface area contributed by atoms with Gasteiger partial charge in [-0.25, -0.2) is 9.37 Å². The van der Waals surface area contributed by atoms with Crippen LogP contribution >= 0.6 is 0 Å². The lowest BCUT2D eigenvalue weighted by Crippen LogP contribution is -2.25. The van der Waals surface area contributed by atoms with Crippen LogP contribution in [0.4, 0.5) is 4.39 Å². The fourth-order valence-electron chi connectivity index (χ4n) is 5.80. The summed E-state index contributed by atoms with van der Waals surface area (Å²) in [5.74, 6) is 1.42. The molecule has 1 fully saturated rings. The lowest BCUT2D eigenvalue weighted by Gasteiger charge is -2.22. The van der Waals surface area contributed by atoms with Crippen LogP contribution in [-0.2, 0) is 6.61 Å². The Labute approximate surface area is 238 Å². The van der Waals surface area contributed by atoms with E-state index < -0.39 is 0 Å². The summed E-state index contributed by atoms with van der Waals surface area (Å²) >= 11 is 0. The zero-order valence-electron chi connectivity index (χ0n) is 23.4. The van der Waals surface area contributed by atoms with Gasteiger partial charge >= 0.3 is 0 Å². The number of aryl methyl sites for hydroxylation is 1. The van der Waals surface area contributed by atoms with Gasteiger partial charge in [0.25, 0.3) is 5.56 Å². The maximum atomic E-state index is 13.6. The number of rotatable bonds is 7. The molecule has 0 unspecified atom stereocenters. The van der Waals surface area contributed by atoms with Gasteiger partial charge < -0.3 is 9.30 Å². The van der Waals surface area contributed by atoms with Crippen molar-refractivity contribution in [1.82, 2.24) is 14.2 Å². The molecule has 0 spiro atoms. The zero-order chi connectivity index (χ0) is 28.3. The average molecular weight is 549 g/mol. The predicted molar refractivity (Wildman–Crippen MR) is 161 cm³/mol. The first-order valence-corrected chi connectivity index (χ1v) is 14.2. The SMILES string of the molecule is Cc1cc(C=Nn2c(C3CCCCC3)nc3ccccc3c2=O)c(C)n1-c1ccc(OCc2cccc(F)c2)cc1. The van der Waals surface area contributed by atoms with E-state index in [0.29, 0.717) is 17.7 Å². The summed E-state index contributed by atoms with van der Waals surface area (Å²) in [6, 6.07) is 23.8. The first-order valence-electron chi connectivity index (χ1n) is 14.2. The molecule has 0 saturated heterocycles. The third-order valence-electron chi connectivity index (χ3n) is 7.92. The van der Waals surface area contributed by atoms with Crippen LogP contribution in [0.25, 0.3) is 16.6 Å². The second-order valence-electron chi connectivity index (χ2n) is 10.8. The minimum Gasteiger partial charge on any atom is -0.489 e. The van der Waals surface area contributed by atoms with Gasteiger partial charge in [0.2, 0.25) is 0 Å². The van der Waals surface area contributed by atoms with Crippen molar-refractivity contribution in [3.63, 3.8) is 0 Å². The van der Waals surface area contributed by atoms with Crippen LogP contribution in [0.3, 0.4) is 0 Å². The van der Waals surface area contributed by atoms with Crippen LogP contribution in [0.15, 0.2) is 88.8 Å². The highest BCUT2D eigenvalue weighted by atomic mass is 19.1. The van der Waals surface area contributed by atoms with Crippen LogP contribution in [0.1, 0.15) is 66.4 Å². The number of nitrogens with zero attached hydrogens (tertiary/aromatic N) is 4. The molecule has 3 aromatic carbocycles. The van der Waals surface area contributed by atoms with Crippen molar-refractivity contribution in [2.45, 2.75) is 58.5 Å². The van der Waals surface area contributed by atoms with Crippen LogP contribution < -0.4 is 10.3 Å². The second kappa shape index (κ2) is 11.5. The summed E-state index contributed by atoms with van der Waals surface area (Å²) in [5.41, 5.74) is 5.37. The normalized spacial score (nSPS) is 14.2. The molecule has 6 nitrogen and oxygen atoms in total. The Kier molecular flexibility index (Phi) is 7.51. The molecule has 0 amide bonds. The molecule has 2 aromatic heterocycles. The van der Waals surface area contributed by atoms with Gasteiger partial charge in [0.05, 0.1) is 17.1 Å². The summed E-state index contributed by atoms with van der Waals surface area (Å²) in [6.45, 7) is 4.40. The maximum absolute atomic E-state index is 13.6. The highest BCUT2D eigenvalue weighted by Crippen LogP contribution is 2.32. The number of ether oxygens (including phenoxy) is 1. The van der Waals surface area contributed by atoms with Gasteiger partial charge in [-0.1, -0.05) is 43.5 Å². The second-order valence-corrected chi connectivity index (χ2v) is 10.8. The lowest BCUT2D eigenvalue weighted by molar-refractivity contribution is 0.305. The molecule has 5 aromatic rings. The highest BCUT2D eigenvalue weighted by molar-refractivity contribution is 5.82. The molecule has 0 aliphatic heterocycles. The quantitative estimate of drug-likeness (QED) is 0.199. The van der Waals surface area contributed by atoms with E-state index >= 15 is 0 Å². The van der Waals surface area contributed by atoms with Crippen LogP contribution in [0.2, 0.25) is 0 Å². The Morgan fingerprint density at radius 2 is 1.76 bits per heavy atom. The maximum Gasteiger partial charge on any atom is 0.282 e. The molecule has 0 radical (unpaired) electrons. The first-order chi connectivity index (χ1) is 20.0. The van der Waals surface area contributed by atoms with Crippen molar-refractivity contribution in [3.05, 3.63) is 123 Å². The van der Waals surface area contributed by atoms with E-state index in [1.807, 2.05) is 61.5 Å². The molecule has 0 N–H and O–H groups in total. The van der Waals surface area contributed by atoms with E-state index in [-0.39, 0.29) is 17.3 Å². The zero-order valence-corrected chi connectivity index (χ0v) is 23.4. The molecule has 41 heavy (non-hydrogen) atoms. The molecule has 1 aliphatic rings. The molecule has 1 aliphatic carbocycles. The van der Waals surface area contributed by atoms with Crippen molar-refractivity contribution in [2.75, 3.05) is 0 Å². The van der Waals surface area contributed by atoms with Gasteiger partial charge in [0, 0.05) is 28.6 Å². The smallest absolute Gasteiger partial charge is 0.282 e. The monoisotopic (exact) mass is 548 g/mol. The van der Waals surface area contributed by atoms with Crippen LogP contribution in [0, 0.1) is 19.7 Å². The van der Waals surface area contributed by atoms with Crippen molar-refractivity contribution in [2.24, 2.45) is 5.10 Å². The molecular weight excluding hydrogens is 515 g/mol. The molecule has 7 heteroatoms. The average Bonchev–Trinajstić information content (AvgIpc) is 3.28. The molecule has 2 heterocycles. The predicted octanol–water partition coefficient (Wildman–Crippen LogP) is 7.45. The third kappa shape index (κ3) is 5.57. The highest BCUT2D eigenvalue weighted by Gasteiger charge is 2.22. The number of para-hydroxylation sites is 1. The summed E-state index contributed by atoms with van der Waals surface area (Å²) < 4.78 is 23.0. The molecule has 208 valence electrons. The van der Waals surface area contributed by atoms with Crippen LogP contribution in [0.5, 0.6) is 5.75 Å². The largest absolute Gasteiger partial charge is 0.489 e.